The summed E-state index contributed by atoms with van der Waals surface area (Å²) in [5, 5.41) is 5.81. The van der Waals surface area contributed by atoms with Crippen LogP contribution in [0.2, 0.25) is 0 Å². The average molecular weight is 492 g/mol. The van der Waals surface area contributed by atoms with Gasteiger partial charge in [0.25, 0.3) is 5.91 Å². The Morgan fingerprint density at radius 1 is 1.15 bits per heavy atom. The van der Waals surface area contributed by atoms with Crippen molar-refractivity contribution in [1.29, 1.82) is 0 Å². The fourth-order valence-electron chi connectivity index (χ4n) is 2.32. The van der Waals surface area contributed by atoms with Crippen LogP contribution in [0.1, 0.15) is 45.1 Å². The molecule has 0 aromatic heterocycles. The molecule has 154 valence electrons. The van der Waals surface area contributed by atoms with Crippen LogP contribution >= 0.6 is 24.0 Å². The molecule has 0 aliphatic carbocycles. The molecule has 1 amide bonds. The van der Waals surface area contributed by atoms with Crippen molar-refractivity contribution in [1.82, 2.24) is 10.6 Å². The molecule has 1 aromatic rings. The Kier molecular flexibility index (Phi) is 14.4. The quantitative estimate of drug-likeness (QED) is 0.181. The fraction of sp³-hybridized carbons (Fsp3) is 0.579. The molecule has 1 aromatic carbocycles. The van der Waals surface area contributed by atoms with Gasteiger partial charge in [0.2, 0.25) is 0 Å². The van der Waals surface area contributed by atoms with Crippen molar-refractivity contribution < 1.29 is 14.3 Å². The van der Waals surface area contributed by atoms with E-state index >= 15 is 0 Å². The smallest absolute Gasteiger partial charge is 0.257 e. The Balaban J connectivity index is 0.00000676. The molecule has 1 rings (SSSR count). The number of amides is 1. The molecule has 8 heteroatoms. The number of aliphatic imine (C=N–C) groups is 1. The lowest BCUT2D eigenvalue weighted by Crippen LogP contribution is -2.32. The number of hydrogen-bond acceptors (Lipinski definition) is 4. The number of rotatable bonds is 12. The third kappa shape index (κ3) is 10.9. The predicted octanol–water partition coefficient (Wildman–Crippen LogP) is 2.81. The van der Waals surface area contributed by atoms with Crippen molar-refractivity contribution in [2.45, 2.75) is 46.1 Å². The summed E-state index contributed by atoms with van der Waals surface area (Å²) in [7, 11) is 1.56. The van der Waals surface area contributed by atoms with Crippen LogP contribution < -0.4 is 25.8 Å². The molecule has 0 saturated carbocycles. The Labute approximate surface area is 179 Å². The van der Waals surface area contributed by atoms with Crippen LogP contribution in [0.5, 0.6) is 11.5 Å². The minimum absolute atomic E-state index is 0. The van der Waals surface area contributed by atoms with E-state index in [0.29, 0.717) is 30.5 Å². The predicted molar refractivity (Wildman–Crippen MR) is 120 cm³/mol. The van der Waals surface area contributed by atoms with Crippen LogP contribution in [-0.2, 0) is 11.3 Å². The number of methoxy groups -OCH3 is 1. The van der Waals surface area contributed by atoms with E-state index in [1.54, 1.807) is 13.2 Å². The average Bonchev–Trinajstić information content (AvgIpc) is 2.65. The van der Waals surface area contributed by atoms with Crippen LogP contribution in [0.25, 0.3) is 0 Å². The summed E-state index contributed by atoms with van der Waals surface area (Å²) in [4.78, 5) is 15.8. The first-order valence-corrected chi connectivity index (χ1v) is 9.20. The monoisotopic (exact) mass is 492 g/mol. The molecule has 0 spiro atoms. The van der Waals surface area contributed by atoms with Crippen molar-refractivity contribution in [3.05, 3.63) is 23.8 Å². The number of nitrogens with one attached hydrogen (secondary N) is 2. The number of halogens is 1. The molecule has 7 nitrogen and oxygen atoms in total. The highest BCUT2D eigenvalue weighted by Crippen LogP contribution is 2.28. The van der Waals surface area contributed by atoms with E-state index in [-0.39, 0.29) is 36.5 Å². The Bertz CT molecular complexity index is 582. The number of carbonyl (C=O) groups excluding carboxylic acids is 1. The van der Waals surface area contributed by atoms with Gasteiger partial charge >= 0.3 is 0 Å². The molecule has 0 aliphatic heterocycles. The molecule has 4 N–H and O–H groups in total. The fourth-order valence-corrected chi connectivity index (χ4v) is 2.32. The number of nitrogens with two attached hydrogens (primary N) is 1. The molecule has 27 heavy (non-hydrogen) atoms. The summed E-state index contributed by atoms with van der Waals surface area (Å²) in [5.74, 6) is 1.36. The third-order valence-electron chi connectivity index (χ3n) is 3.73. The Hall–Kier alpha value is -1.71. The van der Waals surface area contributed by atoms with Crippen molar-refractivity contribution in [2.75, 3.05) is 26.8 Å². The van der Waals surface area contributed by atoms with E-state index in [9.17, 15) is 4.79 Å². The van der Waals surface area contributed by atoms with Gasteiger partial charge in [-0.1, -0.05) is 32.3 Å². The number of ether oxygens (including phenoxy) is 2. The highest BCUT2D eigenvalue weighted by Gasteiger charge is 2.08. The van der Waals surface area contributed by atoms with Gasteiger partial charge in [-0.15, -0.1) is 24.0 Å². The topological polar surface area (TPSA) is 98.0 Å². The Morgan fingerprint density at radius 2 is 1.93 bits per heavy atom. The summed E-state index contributed by atoms with van der Waals surface area (Å²) < 4.78 is 10.8. The summed E-state index contributed by atoms with van der Waals surface area (Å²) in [5.41, 5.74) is 6.83. The zero-order valence-corrected chi connectivity index (χ0v) is 18.9. The minimum atomic E-state index is -0.166. The molecule has 0 unspecified atom stereocenters. The highest BCUT2D eigenvalue weighted by atomic mass is 127. The standard InChI is InChI=1S/C19H32N4O3.HI/c1-4-6-7-8-11-22-19(20)23-13-15-9-10-16(17(12-15)25-3)26-14-18(24)21-5-2;/h9-10,12H,4-8,11,13-14H2,1-3H3,(H,21,24)(H3,20,22,23);1H. The normalized spacial score (nSPS) is 10.7. The summed E-state index contributed by atoms with van der Waals surface area (Å²) in [6, 6.07) is 5.50. The zero-order chi connectivity index (χ0) is 19.2. The maximum atomic E-state index is 11.5. The van der Waals surface area contributed by atoms with E-state index in [4.69, 9.17) is 15.2 Å². The van der Waals surface area contributed by atoms with Gasteiger partial charge in [-0.3, -0.25) is 4.79 Å². The van der Waals surface area contributed by atoms with Gasteiger partial charge in [-0.25, -0.2) is 4.99 Å². The number of benzene rings is 1. The van der Waals surface area contributed by atoms with Crippen molar-refractivity contribution in [3.63, 3.8) is 0 Å². The first-order valence-electron chi connectivity index (χ1n) is 9.20. The maximum Gasteiger partial charge on any atom is 0.257 e. The largest absolute Gasteiger partial charge is 0.493 e. The van der Waals surface area contributed by atoms with E-state index in [1.807, 2.05) is 19.1 Å². The lowest BCUT2D eigenvalue weighted by atomic mass is 10.2. The van der Waals surface area contributed by atoms with Gasteiger partial charge < -0.3 is 25.8 Å². The maximum absolute atomic E-state index is 11.5. The number of guanidine groups is 1. The van der Waals surface area contributed by atoms with Crippen LogP contribution in [0.15, 0.2) is 23.2 Å². The molecule has 0 radical (unpaired) electrons. The van der Waals surface area contributed by atoms with Crippen molar-refractivity contribution >= 4 is 35.8 Å². The molecule has 0 fully saturated rings. The second-order valence-electron chi connectivity index (χ2n) is 5.92. The summed E-state index contributed by atoms with van der Waals surface area (Å²) >= 11 is 0. The minimum Gasteiger partial charge on any atom is -0.493 e. The second kappa shape index (κ2) is 15.4. The van der Waals surface area contributed by atoms with Crippen LogP contribution in [0.4, 0.5) is 0 Å². The van der Waals surface area contributed by atoms with Gasteiger partial charge in [-0.05, 0) is 31.0 Å². The van der Waals surface area contributed by atoms with Gasteiger partial charge in [-0.2, -0.15) is 0 Å². The third-order valence-corrected chi connectivity index (χ3v) is 3.73. The molecule has 0 saturated heterocycles. The number of carbonyl (C=O) groups is 1. The molecule has 0 heterocycles. The van der Waals surface area contributed by atoms with E-state index in [1.165, 1.54) is 19.3 Å². The van der Waals surface area contributed by atoms with Gasteiger partial charge in [0.05, 0.1) is 13.7 Å². The number of unbranched alkanes of at least 4 members (excludes halogenated alkanes) is 3. The Morgan fingerprint density at radius 3 is 2.59 bits per heavy atom. The lowest BCUT2D eigenvalue weighted by molar-refractivity contribution is -0.123. The number of nitrogens with zero attached hydrogens (tertiary/aromatic N) is 1. The van der Waals surface area contributed by atoms with Crippen LogP contribution in [0.3, 0.4) is 0 Å². The SMILES string of the molecule is CCCCCCNC(N)=NCc1ccc(OCC(=O)NCC)c(OC)c1.I. The van der Waals surface area contributed by atoms with Crippen molar-refractivity contribution in [2.24, 2.45) is 10.7 Å². The van der Waals surface area contributed by atoms with Gasteiger partial charge in [0, 0.05) is 13.1 Å². The molecule has 0 bridgehead atoms. The number of hydrogen-bond donors (Lipinski definition) is 3. The number of likely N-dealkylation sites (N-methyl/N-ethyl adjacent to an activating group) is 1. The van der Waals surface area contributed by atoms with Crippen molar-refractivity contribution in [3.8, 4) is 11.5 Å². The van der Waals surface area contributed by atoms with Gasteiger partial charge in [0.15, 0.2) is 24.1 Å². The second-order valence-corrected chi connectivity index (χ2v) is 5.92. The van der Waals surface area contributed by atoms with Crippen LogP contribution in [-0.4, -0.2) is 38.7 Å². The van der Waals surface area contributed by atoms with E-state index in [2.05, 4.69) is 22.5 Å². The molecule has 0 aliphatic rings. The summed E-state index contributed by atoms with van der Waals surface area (Å²) in [6.07, 6.45) is 4.75. The van der Waals surface area contributed by atoms with E-state index in [0.717, 1.165) is 18.5 Å². The zero-order valence-electron chi connectivity index (χ0n) is 16.5. The first kappa shape index (κ1) is 25.3. The first-order chi connectivity index (χ1) is 12.6. The van der Waals surface area contributed by atoms with E-state index < -0.39 is 0 Å². The van der Waals surface area contributed by atoms with Crippen LogP contribution in [0, 0.1) is 0 Å². The highest BCUT2D eigenvalue weighted by molar-refractivity contribution is 14.0. The lowest BCUT2D eigenvalue weighted by Gasteiger charge is -2.12. The molecular formula is C19H33IN4O3. The molecule has 0 atom stereocenters. The molecular weight excluding hydrogens is 459 g/mol. The summed E-state index contributed by atoms with van der Waals surface area (Å²) in [6.45, 7) is 5.86. The van der Waals surface area contributed by atoms with Gasteiger partial charge in [0.1, 0.15) is 0 Å².